The third-order valence-corrected chi connectivity index (χ3v) is 7.42. The minimum atomic E-state index is -4.74. The van der Waals surface area contributed by atoms with Gasteiger partial charge in [-0.25, -0.2) is 9.97 Å². The average Bonchev–Trinajstić information content (AvgIpc) is 3.64. The van der Waals surface area contributed by atoms with E-state index in [4.69, 9.17) is 5.26 Å². The molecule has 12 nitrogen and oxygen atoms in total. The summed E-state index contributed by atoms with van der Waals surface area (Å²) < 4.78 is 43.6. The molecule has 1 aliphatic heterocycles. The Morgan fingerprint density at radius 1 is 1.18 bits per heavy atom. The second-order valence-electron chi connectivity index (χ2n) is 10.4. The van der Waals surface area contributed by atoms with Crippen LogP contribution < -0.4 is 21.3 Å². The number of nitrogens with zero attached hydrogens (tertiary/aromatic N) is 6. The van der Waals surface area contributed by atoms with E-state index in [1.807, 2.05) is 6.92 Å². The summed E-state index contributed by atoms with van der Waals surface area (Å²) in [7, 11) is 0. The van der Waals surface area contributed by atoms with Gasteiger partial charge >= 0.3 is 6.18 Å². The number of rotatable bonds is 10. The van der Waals surface area contributed by atoms with Crippen molar-refractivity contribution in [3.63, 3.8) is 0 Å². The minimum Gasteiger partial charge on any atom is -0.354 e. The van der Waals surface area contributed by atoms with Gasteiger partial charge in [-0.2, -0.15) is 23.5 Å². The fourth-order valence-electron chi connectivity index (χ4n) is 5.16. The summed E-state index contributed by atoms with van der Waals surface area (Å²) in [4.78, 5) is 33.8. The Balaban J connectivity index is 1.30. The Kier molecular flexibility index (Phi) is 9.09. The molecule has 0 unspecified atom stereocenters. The van der Waals surface area contributed by atoms with Crippen LogP contribution in [0.25, 0.3) is 16.9 Å². The van der Waals surface area contributed by atoms with Crippen LogP contribution in [0.2, 0.25) is 0 Å². The van der Waals surface area contributed by atoms with Crippen LogP contribution in [0.5, 0.6) is 0 Å². The highest BCUT2D eigenvalue weighted by atomic mass is 19.4. The predicted molar refractivity (Wildman–Crippen MR) is 155 cm³/mol. The Labute approximate surface area is 250 Å². The van der Waals surface area contributed by atoms with E-state index in [0.29, 0.717) is 30.1 Å². The number of nitrogens with one attached hydrogen (secondary N) is 4. The Hall–Kier alpha value is -4.97. The van der Waals surface area contributed by atoms with Gasteiger partial charge in [-0.3, -0.25) is 18.7 Å². The lowest BCUT2D eigenvalue weighted by Gasteiger charge is -2.22. The molecule has 0 saturated carbocycles. The molecule has 44 heavy (non-hydrogen) atoms. The van der Waals surface area contributed by atoms with Gasteiger partial charge in [0, 0.05) is 36.4 Å². The van der Waals surface area contributed by atoms with Crippen LogP contribution in [0.4, 0.5) is 24.7 Å². The normalized spacial score (nSPS) is 13.9. The number of imidazole rings is 1. The van der Waals surface area contributed by atoms with Crippen LogP contribution in [0.3, 0.4) is 0 Å². The van der Waals surface area contributed by atoms with Crippen LogP contribution in [-0.2, 0) is 23.9 Å². The zero-order valence-electron chi connectivity index (χ0n) is 23.9. The molecule has 1 aromatic carbocycles. The number of fused-ring (bicyclic) bond motifs is 1. The maximum atomic E-state index is 13.8. The first-order valence-electron chi connectivity index (χ1n) is 14.2. The molecule has 1 fully saturated rings. The number of nitriles is 1. The van der Waals surface area contributed by atoms with Gasteiger partial charge in [-0.15, -0.1) is 0 Å². The largest absolute Gasteiger partial charge is 0.435 e. The van der Waals surface area contributed by atoms with Gasteiger partial charge in [0.25, 0.3) is 5.91 Å². The molecule has 1 aliphatic rings. The molecule has 5 rings (SSSR count). The SMILES string of the molecule is CCc1cc(Nc2nccn3c(-c4cn(CC#N)nc4C(F)(F)F)cnc23)ccc1C(=O)NCC(=O)NCC1CCNCC1. The van der Waals surface area contributed by atoms with Gasteiger partial charge in [0.05, 0.1) is 30.1 Å². The van der Waals surface area contributed by atoms with E-state index in [9.17, 15) is 22.8 Å². The van der Waals surface area contributed by atoms with Gasteiger partial charge in [-0.1, -0.05) is 6.92 Å². The van der Waals surface area contributed by atoms with E-state index >= 15 is 0 Å². The number of alkyl halides is 3. The number of anilines is 2. The molecule has 0 aliphatic carbocycles. The van der Waals surface area contributed by atoms with Crippen molar-refractivity contribution >= 4 is 29.0 Å². The molecule has 4 aromatic rings. The first-order chi connectivity index (χ1) is 21.2. The number of hydrogen-bond acceptors (Lipinski definition) is 8. The maximum Gasteiger partial charge on any atom is 0.435 e. The highest BCUT2D eigenvalue weighted by molar-refractivity contribution is 5.98. The second kappa shape index (κ2) is 13.1. The van der Waals surface area contributed by atoms with E-state index in [-0.39, 0.29) is 47.6 Å². The molecule has 0 atom stereocenters. The van der Waals surface area contributed by atoms with Crippen LogP contribution in [0.1, 0.15) is 41.4 Å². The quantitative estimate of drug-likeness (QED) is 0.214. The first kappa shape index (κ1) is 30.5. The van der Waals surface area contributed by atoms with Crippen molar-refractivity contribution in [2.75, 3.05) is 31.5 Å². The summed E-state index contributed by atoms with van der Waals surface area (Å²) in [5.74, 6) is 0.0934. The molecule has 2 amide bonds. The van der Waals surface area contributed by atoms with Gasteiger partial charge in [-0.05, 0) is 62.0 Å². The summed E-state index contributed by atoms with van der Waals surface area (Å²) in [6.07, 6.45) is 3.16. The molecular weight excluding hydrogens is 577 g/mol. The predicted octanol–water partition coefficient (Wildman–Crippen LogP) is 3.29. The number of carbonyl (C=O) groups excluding carboxylic acids is 2. The molecule has 4 N–H and O–H groups in total. The molecule has 1 saturated heterocycles. The standard InChI is InChI=1S/C29H31F3N10O2/c1-2-19-13-20(3-4-21(19)28(44)38-16-24(43)36-14-18-5-8-34-9-6-18)39-26-27-37-15-23(42(27)12-10-35-26)22-17-41(11-7-33)40-25(22)29(30,31)32/h3-4,10,12-13,15,17-18,34H,2,5-6,8-9,11,14,16H2,1H3,(H,35,39)(H,36,43)(H,38,44). The summed E-state index contributed by atoms with van der Waals surface area (Å²) in [6, 6.07) is 6.88. The highest BCUT2D eigenvalue weighted by Crippen LogP contribution is 2.37. The smallest absolute Gasteiger partial charge is 0.354 e. The summed E-state index contributed by atoms with van der Waals surface area (Å²) >= 11 is 0. The zero-order chi connectivity index (χ0) is 31.3. The molecule has 4 heterocycles. The number of piperidine rings is 1. The van der Waals surface area contributed by atoms with Crippen molar-refractivity contribution in [1.82, 2.24) is 40.1 Å². The van der Waals surface area contributed by atoms with Crippen LogP contribution in [0.15, 0.2) is 43.0 Å². The van der Waals surface area contributed by atoms with E-state index in [1.54, 1.807) is 24.3 Å². The number of halogens is 3. The third kappa shape index (κ3) is 6.81. The average molecular weight is 609 g/mol. The fraction of sp³-hybridized carbons (Fsp3) is 0.379. The number of hydrogen-bond donors (Lipinski definition) is 4. The maximum absolute atomic E-state index is 13.8. The van der Waals surface area contributed by atoms with Crippen LogP contribution in [0, 0.1) is 17.2 Å². The molecular formula is C29H31F3N10O2. The van der Waals surface area contributed by atoms with E-state index in [0.717, 1.165) is 36.2 Å². The lowest BCUT2D eigenvalue weighted by atomic mass is 9.98. The van der Waals surface area contributed by atoms with Crippen molar-refractivity contribution < 1.29 is 22.8 Å². The molecule has 15 heteroatoms. The van der Waals surface area contributed by atoms with Gasteiger partial charge in [0.15, 0.2) is 17.2 Å². The molecule has 0 bridgehead atoms. The van der Waals surface area contributed by atoms with Crippen molar-refractivity contribution in [3.05, 3.63) is 59.8 Å². The van der Waals surface area contributed by atoms with Gasteiger partial charge in [0.1, 0.15) is 6.54 Å². The Morgan fingerprint density at radius 3 is 2.70 bits per heavy atom. The summed E-state index contributed by atoms with van der Waals surface area (Å²) in [5, 5.41) is 24.5. The highest BCUT2D eigenvalue weighted by Gasteiger charge is 2.38. The van der Waals surface area contributed by atoms with Crippen molar-refractivity contribution in [3.8, 4) is 17.3 Å². The third-order valence-electron chi connectivity index (χ3n) is 7.42. The molecule has 0 radical (unpaired) electrons. The van der Waals surface area contributed by atoms with Gasteiger partial charge < -0.3 is 21.3 Å². The number of aromatic nitrogens is 5. The van der Waals surface area contributed by atoms with Crippen LogP contribution >= 0.6 is 0 Å². The topological polar surface area (TPSA) is 154 Å². The van der Waals surface area contributed by atoms with Crippen LogP contribution in [-0.4, -0.2) is 62.1 Å². The lowest BCUT2D eigenvalue weighted by Crippen LogP contribution is -2.41. The van der Waals surface area contributed by atoms with Crippen molar-refractivity contribution in [2.24, 2.45) is 5.92 Å². The minimum absolute atomic E-state index is 0.128. The molecule has 230 valence electrons. The molecule has 3 aromatic heterocycles. The Morgan fingerprint density at radius 2 is 1.98 bits per heavy atom. The monoisotopic (exact) mass is 608 g/mol. The van der Waals surface area contributed by atoms with Gasteiger partial charge in [0.2, 0.25) is 5.91 Å². The lowest BCUT2D eigenvalue weighted by molar-refractivity contribution is -0.141. The Bertz CT molecular complexity index is 1700. The van der Waals surface area contributed by atoms with Crippen molar-refractivity contribution in [1.29, 1.82) is 5.26 Å². The van der Waals surface area contributed by atoms with E-state index < -0.39 is 11.9 Å². The first-order valence-corrected chi connectivity index (χ1v) is 14.2. The number of carbonyl (C=O) groups is 2. The fourth-order valence-corrected chi connectivity index (χ4v) is 5.16. The second-order valence-corrected chi connectivity index (χ2v) is 10.4. The van der Waals surface area contributed by atoms with E-state index in [2.05, 4.69) is 36.3 Å². The number of benzene rings is 1. The van der Waals surface area contributed by atoms with Crippen molar-refractivity contribution in [2.45, 2.75) is 38.9 Å². The van der Waals surface area contributed by atoms with E-state index in [1.165, 1.54) is 29.2 Å². The zero-order valence-corrected chi connectivity index (χ0v) is 23.9. The summed E-state index contributed by atoms with van der Waals surface area (Å²) in [5.41, 5.74) is 0.775. The number of amides is 2. The summed E-state index contributed by atoms with van der Waals surface area (Å²) in [6.45, 7) is 3.89. The molecule has 0 spiro atoms. The number of aryl methyl sites for hydroxylation is 1.